The third-order valence-electron chi connectivity index (χ3n) is 2.33. The van der Waals surface area contributed by atoms with Crippen LogP contribution in [0.5, 0.6) is 0 Å². The van der Waals surface area contributed by atoms with Gasteiger partial charge in [-0.3, -0.25) is 0 Å². The zero-order valence-electron chi connectivity index (χ0n) is 7.40. The van der Waals surface area contributed by atoms with E-state index in [1.807, 2.05) is 11.6 Å². The lowest BCUT2D eigenvalue weighted by molar-refractivity contribution is 0.562. The predicted molar refractivity (Wildman–Crippen MR) is 47.1 cm³/mol. The van der Waals surface area contributed by atoms with Crippen LogP contribution in [0, 0.1) is 0 Å². The van der Waals surface area contributed by atoms with Crippen molar-refractivity contribution in [1.82, 2.24) is 14.8 Å². The molecule has 1 aromatic heterocycles. The Bertz CT molecular complexity index is 249. The minimum atomic E-state index is 1.01. The first kappa shape index (κ1) is 7.58. The Kier molecular flexibility index (Phi) is 1.98. The fourth-order valence-corrected chi connectivity index (χ4v) is 1.66. The van der Waals surface area contributed by atoms with Crippen LogP contribution in [-0.2, 0) is 7.05 Å². The summed E-state index contributed by atoms with van der Waals surface area (Å²) in [6, 6.07) is 0. The van der Waals surface area contributed by atoms with Gasteiger partial charge in [0.25, 0.3) is 0 Å². The van der Waals surface area contributed by atoms with Crippen molar-refractivity contribution in [3.8, 4) is 0 Å². The first-order valence-corrected chi connectivity index (χ1v) is 4.47. The van der Waals surface area contributed by atoms with Crippen LogP contribution in [0.25, 0.3) is 0 Å². The molecule has 0 N–H and O–H groups in total. The summed E-state index contributed by atoms with van der Waals surface area (Å²) in [6.45, 7) is 2.26. The van der Waals surface area contributed by atoms with E-state index in [-0.39, 0.29) is 0 Å². The van der Waals surface area contributed by atoms with Crippen LogP contribution in [0.15, 0.2) is 6.33 Å². The fraction of sp³-hybridized carbons (Fsp3) is 0.750. The molecule has 0 atom stereocenters. The van der Waals surface area contributed by atoms with E-state index in [1.54, 1.807) is 6.33 Å². The second-order valence-corrected chi connectivity index (χ2v) is 3.29. The highest BCUT2D eigenvalue weighted by Gasteiger charge is 2.14. The molecular formula is C8H14N4. The SMILES string of the molecule is Cn1cnnc1N1CCCCC1. The lowest BCUT2D eigenvalue weighted by Crippen LogP contribution is -2.31. The van der Waals surface area contributed by atoms with Crippen LogP contribution in [0.2, 0.25) is 0 Å². The molecule has 0 aromatic carbocycles. The third kappa shape index (κ3) is 1.29. The number of anilines is 1. The summed E-state index contributed by atoms with van der Waals surface area (Å²) in [5.41, 5.74) is 0. The molecule has 66 valence electrons. The minimum absolute atomic E-state index is 1.01. The second-order valence-electron chi connectivity index (χ2n) is 3.29. The number of piperidine rings is 1. The van der Waals surface area contributed by atoms with Crippen LogP contribution in [0.1, 0.15) is 19.3 Å². The molecule has 1 aliphatic heterocycles. The van der Waals surface area contributed by atoms with Crippen molar-refractivity contribution in [3.05, 3.63) is 6.33 Å². The molecule has 4 heteroatoms. The van der Waals surface area contributed by atoms with Crippen molar-refractivity contribution in [2.75, 3.05) is 18.0 Å². The van der Waals surface area contributed by atoms with Crippen LogP contribution in [0.4, 0.5) is 5.95 Å². The highest BCUT2D eigenvalue weighted by atomic mass is 15.4. The van der Waals surface area contributed by atoms with Crippen LogP contribution >= 0.6 is 0 Å². The molecule has 1 fully saturated rings. The monoisotopic (exact) mass is 166 g/mol. The molecule has 0 unspecified atom stereocenters. The van der Waals surface area contributed by atoms with Crippen molar-refractivity contribution >= 4 is 5.95 Å². The van der Waals surface area contributed by atoms with Crippen molar-refractivity contribution in [2.24, 2.45) is 7.05 Å². The topological polar surface area (TPSA) is 34.0 Å². The Hall–Kier alpha value is -1.06. The van der Waals surface area contributed by atoms with Gasteiger partial charge in [0.15, 0.2) is 0 Å². The van der Waals surface area contributed by atoms with E-state index in [1.165, 1.54) is 19.3 Å². The number of aromatic nitrogens is 3. The summed E-state index contributed by atoms with van der Waals surface area (Å²) in [5, 5.41) is 7.95. The molecule has 2 heterocycles. The average molecular weight is 166 g/mol. The molecule has 1 aliphatic rings. The van der Waals surface area contributed by atoms with Crippen molar-refractivity contribution in [1.29, 1.82) is 0 Å². The van der Waals surface area contributed by atoms with Gasteiger partial charge < -0.3 is 9.47 Å². The van der Waals surface area contributed by atoms with Crippen molar-refractivity contribution in [3.63, 3.8) is 0 Å². The zero-order valence-corrected chi connectivity index (χ0v) is 7.40. The Balaban J connectivity index is 2.13. The van der Waals surface area contributed by atoms with Gasteiger partial charge in [0.1, 0.15) is 6.33 Å². The van der Waals surface area contributed by atoms with E-state index in [0.29, 0.717) is 0 Å². The molecule has 0 spiro atoms. The first-order chi connectivity index (χ1) is 5.88. The molecule has 2 rings (SSSR count). The van der Waals surface area contributed by atoms with Gasteiger partial charge in [-0.25, -0.2) is 0 Å². The molecule has 12 heavy (non-hydrogen) atoms. The maximum absolute atomic E-state index is 4.08. The number of rotatable bonds is 1. The summed E-state index contributed by atoms with van der Waals surface area (Å²) in [7, 11) is 1.99. The van der Waals surface area contributed by atoms with E-state index < -0.39 is 0 Å². The van der Waals surface area contributed by atoms with Gasteiger partial charge in [-0.05, 0) is 19.3 Å². The van der Waals surface area contributed by atoms with E-state index >= 15 is 0 Å². The third-order valence-corrected chi connectivity index (χ3v) is 2.33. The fourth-order valence-electron chi connectivity index (χ4n) is 1.66. The molecule has 0 amide bonds. The molecule has 0 radical (unpaired) electrons. The standard InChI is InChI=1S/C8H14N4/c1-11-7-9-10-8(11)12-5-3-2-4-6-12/h7H,2-6H2,1H3. The Labute approximate surface area is 72.2 Å². The quantitative estimate of drug-likeness (QED) is 0.619. The van der Waals surface area contributed by atoms with E-state index in [4.69, 9.17) is 0 Å². The largest absolute Gasteiger partial charge is 0.341 e. The van der Waals surface area contributed by atoms with Crippen molar-refractivity contribution < 1.29 is 0 Å². The smallest absolute Gasteiger partial charge is 0.226 e. The first-order valence-electron chi connectivity index (χ1n) is 4.47. The van der Waals surface area contributed by atoms with Crippen LogP contribution < -0.4 is 4.90 Å². The highest BCUT2D eigenvalue weighted by molar-refractivity contribution is 5.29. The molecule has 1 aromatic rings. The zero-order chi connectivity index (χ0) is 8.39. The van der Waals surface area contributed by atoms with Crippen LogP contribution in [-0.4, -0.2) is 27.9 Å². The van der Waals surface area contributed by atoms with Gasteiger partial charge >= 0.3 is 0 Å². The number of hydrogen-bond donors (Lipinski definition) is 0. The summed E-state index contributed by atoms with van der Waals surface area (Å²) in [5.74, 6) is 1.01. The average Bonchev–Trinajstić information content (AvgIpc) is 2.53. The van der Waals surface area contributed by atoms with Gasteiger partial charge in [0.2, 0.25) is 5.95 Å². The van der Waals surface area contributed by atoms with Crippen LogP contribution in [0.3, 0.4) is 0 Å². The normalized spacial score (nSPS) is 18.2. The van der Waals surface area contributed by atoms with Crippen molar-refractivity contribution in [2.45, 2.75) is 19.3 Å². The molecule has 0 saturated carbocycles. The van der Waals surface area contributed by atoms with Gasteiger partial charge in [-0.15, -0.1) is 10.2 Å². The lowest BCUT2D eigenvalue weighted by Gasteiger charge is -2.26. The summed E-state index contributed by atoms with van der Waals surface area (Å²) >= 11 is 0. The highest BCUT2D eigenvalue weighted by Crippen LogP contribution is 2.15. The molecule has 4 nitrogen and oxygen atoms in total. The van der Waals surface area contributed by atoms with E-state index in [2.05, 4.69) is 15.1 Å². The van der Waals surface area contributed by atoms with Gasteiger partial charge in [0, 0.05) is 20.1 Å². The van der Waals surface area contributed by atoms with Gasteiger partial charge in [-0.2, -0.15) is 0 Å². The Morgan fingerprint density at radius 3 is 2.58 bits per heavy atom. The van der Waals surface area contributed by atoms with Gasteiger partial charge in [0.05, 0.1) is 0 Å². The Morgan fingerprint density at radius 2 is 2.00 bits per heavy atom. The molecular weight excluding hydrogens is 152 g/mol. The summed E-state index contributed by atoms with van der Waals surface area (Å²) in [6.07, 6.45) is 5.68. The maximum Gasteiger partial charge on any atom is 0.226 e. The molecule has 0 bridgehead atoms. The molecule has 1 saturated heterocycles. The lowest BCUT2D eigenvalue weighted by atomic mass is 10.1. The van der Waals surface area contributed by atoms with E-state index in [9.17, 15) is 0 Å². The number of aryl methyl sites for hydroxylation is 1. The predicted octanol–water partition coefficient (Wildman–Crippen LogP) is 0.805. The molecule has 0 aliphatic carbocycles. The summed E-state index contributed by atoms with van der Waals surface area (Å²) < 4.78 is 1.98. The maximum atomic E-state index is 4.08. The minimum Gasteiger partial charge on any atom is -0.341 e. The second kappa shape index (κ2) is 3.13. The van der Waals surface area contributed by atoms with E-state index in [0.717, 1.165) is 19.0 Å². The Morgan fingerprint density at radius 1 is 1.25 bits per heavy atom. The van der Waals surface area contributed by atoms with Gasteiger partial charge in [-0.1, -0.05) is 0 Å². The number of hydrogen-bond acceptors (Lipinski definition) is 3. The summed E-state index contributed by atoms with van der Waals surface area (Å²) in [4.78, 5) is 2.30. The number of nitrogens with zero attached hydrogens (tertiary/aromatic N) is 4.